The van der Waals surface area contributed by atoms with Gasteiger partial charge in [-0.1, -0.05) is 79.4 Å². The number of aromatic amines is 2. The fourth-order valence-electron chi connectivity index (χ4n) is 9.19. The van der Waals surface area contributed by atoms with Crippen LogP contribution in [0.15, 0.2) is 110 Å². The Morgan fingerprint density at radius 2 is 1.39 bits per heavy atom. The molecule has 4 N–H and O–H groups in total. The van der Waals surface area contributed by atoms with Crippen LogP contribution in [-0.4, -0.2) is 112 Å². The molecule has 2 aromatic heterocycles. The Bertz CT molecular complexity index is 2690. The van der Waals surface area contributed by atoms with E-state index in [4.69, 9.17) is 19.2 Å². The molecule has 3 aliphatic rings. The van der Waals surface area contributed by atoms with E-state index in [1.165, 1.54) is 14.2 Å². The maximum absolute atomic E-state index is 15.1. The van der Waals surface area contributed by atoms with E-state index < -0.39 is 55.1 Å². The number of halogens is 2. The number of rotatable bonds is 13. The highest BCUT2D eigenvalue weighted by Crippen LogP contribution is 2.42. The molecule has 3 aromatic carbocycles. The number of alkyl halides is 2. The van der Waals surface area contributed by atoms with Gasteiger partial charge in [0.2, 0.25) is 5.91 Å². The van der Waals surface area contributed by atoms with Gasteiger partial charge in [-0.25, -0.2) is 28.3 Å². The molecule has 0 unspecified atom stereocenters. The van der Waals surface area contributed by atoms with Gasteiger partial charge in [0.25, 0.3) is 11.8 Å². The highest BCUT2D eigenvalue weighted by molar-refractivity contribution is 5.91. The zero-order valence-electron chi connectivity index (χ0n) is 37.6. The van der Waals surface area contributed by atoms with Crippen LogP contribution in [0, 0.1) is 5.92 Å². The van der Waals surface area contributed by atoms with E-state index in [1.807, 2.05) is 61.5 Å². The second-order valence-electron chi connectivity index (χ2n) is 17.0. The maximum atomic E-state index is 15.1. The predicted molar refractivity (Wildman–Crippen MR) is 248 cm³/mol. The van der Waals surface area contributed by atoms with E-state index >= 15 is 8.78 Å². The molecule has 17 heteroatoms. The van der Waals surface area contributed by atoms with E-state index in [9.17, 15) is 19.2 Å². The summed E-state index contributed by atoms with van der Waals surface area (Å²) in [6.07, 6.45) is 10.8. The third kappa shape index (κ3) is 10.3. The van der Waals surface area contributed by atoms with Crippen LogP contribution < -0.4 is 10.6 Å². The van der Waals surface area contributed by atoms with Crippen LogP contribution in [0.5, 0.6) is 0 Å². The van der Waals surface area contributed by atoms with E-state index in [0.717, 1.165) is 50.0 Å². The molecule has 15 nitrogen and oxygen atoms in total. The zero-order valence-corrected chi connectivity index (χ0v) is 37.6. The number of nitrogens with zero attached hydrogens (tertiary/aromatic N) is 4. The van der Waals surface area contributed by atoms with Crippen LogP contribution in [-0.2, 0) is 23.8 Å². The molecule has 5 heterocycles. The third-order valence-corrected chi connectivity index (χ3v) is 12.7. The van der Waals surface area contributed by atoms with E-state index in [-0.39, 0.29) is 23.7 Å². The average Bonchev–Trinajstić information content (AvgIpc) is 4.19. The molecule has 0 spiro atoms. The number of carbonyl (C=O) groups is 4. The lowest BCUT2D eigenvalue weighted by molar-refractivity contribution is -0.138. The molecule has 3 aliphatic heterocycles. The van der Waals surface area contributed by atoms with Crippen LogP contribution in [0.4, 0.5) is 18.4 Å². The summed E-state index contributed by atoms with van der Waals surface area (Å²) in [6.45, 7) is 6.43. The molecular formula is C50H54F2N8O7. The fraction of sp³-hybridized carbons (Fsp3) is 0.360. The second kappa shape index (κ2) is 20.2. The van der Waals surface area contributed by atoms with Gasteiger partial charge in [0.05, 0.1) is 56.6 Å². The van der Waals surface area contributed by atoms with E-state index in [0.29, 0.717) is 56.1 Å². The number of likely N-dealkylation sites (tertiary alicyclic amines) is 2. The Balaban J connectivity index is 0.949. The molecule has 5 aromatic rings. The minimum Gasteiger partial charge on any atom is -0.453 e. The maximum Gasteiger partial charge on any atom is 0.407 e. The number of nitrogens with one attached hydrogen (secondary N) is 4. The highest BCUT2D eigenvalue weighted by atomic mass is 19.3. The number of aromatic nitrogens is 4. The number of imidazole rings is 2. The summed E-state index contributed by atoms with van der Waals surface area (Å²) in [4.78, 5) is 71.0. The monoisotopic (exact) mass is 916 g/mol. The average molecular weight is 917 g/mol. The van der Waals surface area contributed by atoms with Crippen molar-refractivity contribution in [2.24, 2.45) is 5.92 Å². The quantitative estimate of drug-likeness (QED) is 0.0843. The van der Waals surface area contributed by atoms with Gasteiger partial charge in [-0.3, -0.25) is 9.59 Å². The summed E-state index contributed by atoms with van der Waals surface area (Å²) < 4.78 is 45.1. The van der Waals surface area contributed by atoms with Crippen molar-refractivity contribution < 1.29 is 42.2 Å². The topological polar surface area (TPSA) is 184 Å². The molecule has 0 bridgehead atoms. The summed E-state index contributed by atoms with van der Waals surface area (Å²) in [5, 5.41) is 7.28. The number of H-pyrrole nitrogens is 2. The first-order chi connectivity index (χ1) is 32.4. The largest absolute Gasteiger partial charge is 0.453 e. The van der Waals surface area contributed by atoms with Crippen molar-refractivity contribution in [2.45, 2.75) is 69.1 Å². The number of alkyl carbamates (subject to hydrolysis) is 2. The van der Waals surface area contributed by atoms with Gasteiger partial charge >= 0.3 is 12.2 Å². The van der Waals surface area contributed by atoms with E-state index in [2.05, 4.69) is 50.4 Å². The van der Waals surface area contributed by atoms with Crippen LogP contribution in [0.25, 0.3) is 44.4 Å². The van der Waals surface area contributed by atoms with Gasteiger partial charge in [-0.2, -0.15) is 0 Å². The number of benzene rings is 3. The van der Waals surface area contributed by atoms with Crippen molar-refractivity contribution >= 4 is 34.8 Å². The van der Waals surface area contributed by atoms with Gasteiger partial charge in [0, 0.05) is 31.7 Å². The Labute approximate surface area is 386 Å². The number of hydrogen-bond acceptors (Lipinski definition) is 9. The van der Waals surface area contributed by atoms with Crippen LogP contribution >= 0.6 is 0 Å². The molecule has 0 saturated carbocycles. The Kier molecular flexibility index (Phi) is 14.0. The number of carbonyl (C=O) groups excluding carboxylic acids is 4. The molecule has 3 saturated heterocycles. The number of ether oxygens (including phenoxy) is 3. The van der Waals surface area contributed by atoms with Crippen LogP contribution in [0.2, 0.25) is 0 Å². The highest BCUT2D eigenvalue weighted by Gasteiger charge is 2.51. The van der Waals surface area contributed by atoms with Crippen molar-refractivity contribution in [1.82, 2.24) is 40.4 Å². The summed E-state index contributed by atoms with van der Waals surface area (Å²) in [5.74, 6) is -3.46. The van der Waals surface area contributed by atoms with Crippen molar-refractivity contribution in [1.29, 1.82) is 0 Å². The number of methoxy groups -OCH3 is 2. The summed E-state index contributed by atoms with van der Waals surface area (Å²) in [5.41, 5.74) is 5.51. The Morgan fingerprint density at radius 3 is 2.06 bits per heavy atom. The van der Waals surface area contributed by atoms with Crippen LogP contribution in [0.3, 0.4) is 0 Å². The second-order valence-corrected chi connectivity index (χ2v) is 17.0. The molecule has 350 valence electrons. The van der Waals surface area contributed by atoms with Crippen molar-refractivity contribution in [3.8, 4) is 33.6 Å². The van der Waals surface area contributed by atoms with Gasteiger partial charge < -0.3 is 44.6 Å². The lowest BCUT2D eigenvalue weighted by Crippen LogP contribution is -2.53. The Morgan fingerprint density at radius 1 is 0.791 bits per heavy atom. The molecule has 8 rings (SSSR count). The van der Waals surface area contributed by atoms with Gasteiger partial charge in [-0.15, -0.1) is 0 Å². The molecular weight excluding hydrogens is 863 g/mol. The first kappa shape index (κ1) is 46.4. The molecule has 4 atom stereocenters. The summed E-state index contributed by atoms with van der Waals surface area (Å²) in [6, 6.07) is 16.8. The van der Waals surface area contributed by atoms with Gasteiger partial charge in [0.15, 0.2) is 0 Å². The number of amides is 4. The smallest absolute Gasteiger partial charge is 0.407 e. The van der Waals surface area contributed by atoms with Crippen LogP contribution in [0.1, 0.15) is 62.8 Å². The number of hydrogen-bond donors (Lipinski definition) is 4. The normalized spacial score (nSPS) is 19.5. The Hall–Kier alpha value is -7.14. The minimum absolute atomic E-state index is 0.235. The molecule has 0 aliphatic carbocycles. The zero-order chi connectivity index (χ0) is 47.2. The van der Waals surface area contributed by atoms with Crippen molar-refractivity contribution in [3.05, 3.63) is 121 Å². The third-order valence-electron chi connectivity index (χ3n) is 12.7. The van der Waals surface area contributed by atoms with Gasteiger partial charge in [-0.05, 0) is 83.7 Å². The number of fused-ring (bicyclic) bond motifs is 1. The predicted octanol–water partition coefficient (Wildman–Crippen LogP) is 8.42. The van der Waals surface area contributed by atoms with E-state index in [1.54, 1.807) is 29.4 Å². The minimum atomic E-state index is -3.15. The SMILES string of the molecule is C=C(/C=C\C=C/C)[C@@H](NC(=O)OC)C(=O)N1CCC[C@H]1c1ncc(-c2ccc3cc(-c4ccc(-c5cnc([C@@H]6CC(F)(F)CN6C(=O)[C@@H](NC(=O)OC)C6CCOCC6)[nH]5)cc4)ccc3c2)[nH]1. The molecule has 0 radical (unpaired) electrons. The molecule has 4 amide bonds. The van der Waals surface area contributed by atoms with Crippen molar-refractivity contribution in [3.63, 3.8) is 0 Å². The fourth-order valence-corrected chi connectivity index (χ4v) is 9.19. The first-order valence-electron chi connectivity index (χ1n) is 22.3. The molecule has 67 heavy (non-hydrogen) atoms. The van der Waals surface area contributed by atoms with Crippen molar-refractivity contribution in [2.75, 3.05) is 40.5 Å². The summed E-state index contributed by atoms with van der Waals surface area (Å²) >= 11 is 0. The molecule has 3 fully saturated rings. The number of allylic oxidation sites excluding steroid dienone is 3. The van der Waals surface area contributed by atoms with Gasteiger partial charge in [0.1, 0.15) is 23.7 Å². The first-order valence-corrected chi connectivity index (χ1v) is 22.3. The summed E-state index contributed by atoms with van der Waals surface area (Å²) in [7, 11) is 2.44. The standard InChI is InChI=1S/C50H54F2N8O7/c1-5-6-7-9-30(2)42(57-48(63)65-3)46(61)59-21-8-10-40(59)44-53-28-39(56-44)37-18-17-35-24-34(15-16-36(35)25-37)31-11-13-32(14-12-31)38-27-54-45(55-38)41-26-50(51,52)29-60(41)47(62)43(58-49(64)66-4)33-19-22-67-23-20-33/h5-7,9,11-18,24-25,27-28,33,40-43H,2,8,10,19-23,26,29H2,1,3-4H3,(H,53,56)(H,54,55)(H,57,63)(H,58,64)/b6-5-,9-7-/t40-,41-,42+,43-/m0/s1. The lowest BCUT2D eigenvalue weighted by atomic mass is 9.90. The lowest BCUT2D eigenvalue weighted by Gasteiger charge is -2.33.